The molecule has 3 N–H and O–H groups in total. The topological polar surface area (TPSA) is 145 Å². The first-order chi connectivity index (χ1) is 21.1. The first-order valence-electron chi connectivity index (χ1n) is 13.7. The predicted molar refractivity (Wildman–Crippen MR) is 156 cm³/mol. The highest BCUT2D eigenvalue weighted by molar-refractivity contribution is 5.99. The molecule has 0 bridgehead atoms. The van der Waals surface area contributed by atoms with E-state index in [0.717, 1.165) is 31.6 Å². The van der Waals surface area contributed by atoms with Crippen molar-refractivity contribution in [1.82, 2.24) is 9.80 Å². The van der Waals surface area contributed by atoms with Crippen molar-refractivity contribution >= 4 is 23.9 Å². The molecule has 45 heavy (non-hydrogen) atoms. The van der Waals surface area contributed by atoms with Crippen LogP contribution in [0.15, 0.2) is 83.2 Å². The van der Waals surface area contributed by atoms with Gasteiger partial charge in [0.15, 0.2) is 0 Å². The highest BCUT2D eigenvalue weighted by atomic mass is 19.4. The third kappa shape index (κ3) is 8.60. The minimum absolute atomic E-state index is 0.0710. The van der Waals surface area contributed by atoms with E-state index in [4.69, 9.17) is 14.9 Å². The van der Waals surface area contributed by atoms with Gasteiger partial charge in [0, 0.05) is 56.6 Å². The Morgan fingerprint density at radius 3 is 2.02 bits per heavy atom. The number of hydrogen-bond donors (Lipinski definition) is 3. The molecule has 2 aliphatic heterocycles. The summed E-state index contributed by atoms with van der Waals surface area (Å²) >= 11 is 0. The van der Waals surface area contributed by atoms with Crippen LogP contribution in [0.4, 0.5) is 13.2 Å². The number of allylic oxidation sites excluding steroid dienone is 1. The summed E-state index contributed by atoms with van der Waals surface area (Å²) in [6.07, 6.45) is -2.08. The van der Waals surface area contributed by atoms with Crippen LogP contribution in [0.5, 0.6) is 0 Å². The van der Waals surface area contributed by atoms with E-state index in [2.05, 4.69) is 17.0 Å². The maximum atomic E-state index is 13.2. The van der Waals surface area contributed by atoms with Gasteiger partial charge in [0.25, 0.3) is 0 Å². The summed E-state index contributed by atoms with van der Waals surface area (Å²) in [5.41, 5.74) is 3.07. The Kier molecular flexibility index (Phi) is 11.3. The molecule has 4 rings (SSSR count). The van der Waals surface area contributed by atoms with Gasteiger partial charge in [0.2, 0.25) is 0 Å². The molecule has 10 nitrogen and oxygen atoms in total. The Labute approximate surface area is 257 Å². The summed E-state index contributed by atoms with van der Waals surface area (Å²) in [5.74, 6) is -5.54. The molecule has 0 amide bonds. The number of methoxy groups -OCH3 is 1. The lowest BCUT2D eigenvalue weighted by Gasteiger charge is -2.37. The number of halogens is 3. The van der Waals surface area contributed by atoms with Gasteiger partial charge in [0.1, 0.15) is 0 Å². The number of fused-ring (bicyclic) bond motifs is 1. The van der Waals surface area contributed by atoms with E-state index in [0.29, 0.717) is 36.5 Å². The standard InChI is InChI=1S/C28H29F3N2O4.C4H4O4/c1-17-23(26(34)35)24(19-8-10-21(11-9-19)28(29,30)31)25(27(36)37-3)22(32(17)2)13-15-33-14-12-18-6-4-5-7-20(18)16-33;5-3(6)1-2-4(7)8/h4-11,24H,12-16H2,1-3H3,(H,34,35);1-2H,(H,5,6)(H,7,8)/b;2-1+. The molecule has 0 aromatic heterocycles. The van der Waals surface area contributed by atoms with Gasteiger partial charge in [-0.25, -0.2) is 19.2 Å². The molecule has 0 fully saturated rings. The van der Waals surface area contributed by atoms with Crippen LogP contribution in [0.2, 0.25) is 0 Å². The highest BCUT2D eigenvalue weighted by Gasteiger charge is 2.40. The second kappa shape index (κ2) is 14.7. The first-order valence-corrected chi connectivity index (χ1v) is 13.7. The van der Waals surface area contributed by atoms with E-state index < -0.39 is 41.5 Å². The quantitative estimate of drug-likeness (QED) is 0.278. The Morgan fingerprint density at radius 2 is 1.51 bits per heavy atom. The molecule has 0 aliphatic carbocycles. The summed E-state index contributed by atoms with van der Waals surface area (Å²) in [6, 6.07) is 12.5. The van der Waals surface area contributed by atoms with Crippen molar-refractivity contribution in [2.75, 3.05) is 27.2 Å². The van der Waals surface area contributed by atoms with Crippen LogP contribution in [0.1, 0.15) is 41.5 Å². The zero-order valence-electron chi connectivity index (χ0n) is 24.8. The smallest absolute Gasteiger partial charge is 0.416 e. The molecular weight excluding hydrogens is 597 g/mol. The zero-order chi connectivity index (χ0) is 33.5. The molecule has 0 saturated carbocycles. The van der Waals surface area contributed by atoms with Crippen LogP contribution < -0.4 is 0 Å². The van der Waals surface area contributed by atoms with Crippen LogP contribution >= 0.6 is 0 Å². The molecular formula is C32H33F3N2O8. The van der Waals surface area contributed by atoms with Gasteiger partial charge in [-0.15, -0.1) is 0 Å². The van der Waals surface area contributed by atoms with Crippen molar-refractivity contribution in [2.45, 2.75) is 38.4 Å². The maximum Gasteiger partial charge on any atom is 0.416 e. The van der Waals surface area contributed by atoms with Crippen molar-refractivity contribution in [3.8, 4) is 0 Å². The average Bonchev–Trinajstić information content (AvgIpc) is 2.99. The summed E-state index contributed by atoms with van der Waals surface area (Å²) in [7, 11) is 2.91. The highest BCUT2D eigenvalue weighted by Crippen LogP contribution is 2.43. The Balaban J connectivity index is 0.000000610. The van der Waals surface area contributed by atoms with E-state index >= 15 is 0 Å². The second-order valence-electron chi connectivity index (χ2n) is 10.3. The number of esters is 1. The second-order valence-corrected chi connectivity index (χ2v) is 10.3. The number of nitrogens with zero attached hydrogens (tertiary/aromatic N) is 2. The van der Waals surface area contributed by atoms with E-state index in [1.54, 1.807) is 18.9 Å². The number of carboxylic acid groups (broad SMARTS) is 3. The summed E-state index contributed by atoms with van der Waals surface area (Å²) < 4.78 is 44.6. The molecule has 1 unspecified atom stereocenters. The molecule has 240 valence electrons. The van der Waals surface area contributed by atoms with E-state index in [1.807, 2.05) is 12.1 Å². The monoisotopic (exact) mass is 630 g/mol. The lowest BCUT2D eigenvalue weighted by atomic mass is 9.79. The number of hydrogen-bond acceptors (Lipinski definition) is 7. The summed E-state index contributed by atoms with van der Waals surface area (Å²) in [5, 5.41) is 25.7. The molecule has 2 aliphatic rings. The van der Waals surface area contributed by atoms with Gasteiger partial charge in [0.05, 0.1) is 29.7 Å². The van der Waals surface area contributed by atoms with Gasteiger partial charge < -0.3 is 25.0 Å². The van der Waals surface area contributed by atoms with Gasteiger partial charge in [-0.3, -0.25) is 4.90 Å². The molecule has 2 aromatic rings. The number of carbonyl (C=O) groups excluding carboxylic acids is 1. The van der Waals surface area contributed by atoms with Gasteiger partial charge in [-0.05, 0) is 42.2 Å². The van der Waals surface area contributed by atoms with E-state index in [-0.39, 0.29) is 16.7 Å². The largest absolute Gasteiger partial charge is 0.478 e. The lowest BCUT2D eigenvalue weighted by molar-refractivity contribution is -0.138. The number of alkyl halides is 3. The van der Waals surface area contributed by atoms with Crippen molar-refractivity contribution in [2.24, 2.45) is 0 Å². The normalized spacial score (nSPS) is 17.0. The number of aliphatic carboxylic acids is 3. The van der Waals surface area contributed by atoms with Gasteiger partial charge in [-0.2, -0.15) is 13.2 Å². The van der Waals surface area contributed by atoms with Crippen molar-refractivity contribution in [1.29, 1.82) is 0 Å². The van der Waals surface area contributed by atoms with E-state index in [9.17, 15) is 37.5 Å². The Hall–Kier alpha value is -4.91. The van der Waals surface area contributed by atoms with Crippen molar-refractivity contribution in [3.63, 3.8) is 0 Å². The molecule has 13 heteroatoms. The fourth-order valence-electron chi connectivity index (χ4n) is 5.36. The molecule has 0 radical (unpaired) electrons. The van der Waals surface area contributed by atoms with Gasteiger partial charge >= 0.3 is 30.1 Å². The first kappa shape index (κ1) is 34.6. The number of carbonyl (C=O) groups is 4. The third-order valence-electron chi connectivity index (χ3n) is 7.64. The molecule has 2 heterocycles. The Bertz CT molecular complexity index is 1530. The van der Waals surface area contributed by atoms with Crippen LogP contribution in [0.3, 0.4) is 0 Å². The number of carboxylic acids is 3. The molecule has 1 atom stereocenters. The number of rotatable bonds is 8. The van der Waals surface area contributed by atoms with Crippen LogP contribution in [0, 0.1) is 0 Å². The average molecular weight is 631 g/mol. The van der Waals surface area contributed by atoms with E-state index in [1.165, 1.54) is 30.4 Å². The Morgan fingerprint density at radius 1 is 0.933 bits per heavy atom. The molecule has 2 aromatic carbocycles. The number of ether oxygens (including phenoxy) is 1. The minimum Gasteiger partial charge on any atom is -0.478 e. The van der Waals surface area contributed by atoms with Crippen LogP contribution in [-0.2, 0) is 43.1 Å². The fourth-order valence-corrected chi connectivity index (χ4v) is 5.36. The van der Waals surface area contributed by atoms with Crippen molar-refractivity contribution in [3.05, 3.63) is 105 Å². The fraction of sp³-hybridized carbons (Fsp3) is 0.312. The minimum atomic E-state index is -4.54. The molecule has 0 spiro atoms. The third-order valence-corrected chi connectivity index (χ3v) is 7.64. The SMILES string of the molecule is COC(=O)C1=C(CCN2CCc3ccccc3C2)N(C)C(C)=C(C(=O)O)C1c1ccc(C(F)(F)F)cc1.O=C(O)/C=C/C(=O)O. The lowest BCUT2D eigenvalue weighted by Crippen LogP contribution is -2.36. The zero-order valence-corrected chi connectivity index (χ0v) is 24.8. The van der Waals surface area contributed by atoms with Crippen LogP contribution in [-0.4, -0.2) is 76.2 Å². The summed E-state index contributed by atoms with van der Waals surface area (Å²) in [4.78, 5) is 48.5. The molecule has 0 saturated heterocycles. The predicted octanol–water partition coefficient (Wildman–Crippen LogP) is 4.68. The maximum absolute atomic E-state index is 13.2. The van der Waals surface area contributed by atoms with Gasteiger partial charge in [-0.1, -0.05) is 36.4 Å². The number of benzene rings is 2. The van der Waals surface area contributed by atoms with Crippen LogP contribution in [0.25, 0.3) is 0 Å². The summed E-state index contributed by atoms with van der Waals surface area (Å²) in [6.45, 7) is 3.87. The van der Waals surface area contributed by atoms with Crippen molar-refractivity contribution < 1.29 is 52.4 Å².